The lowest BCUT2D eigenvalue weighted by Crippen LogP contribution is -2.32. The van der Waals surface area contributed by atoms with Crippen LogP contribution in [0.1, 0.15) is 44.6 Å². The predicted octanol–water partition coefficient (Wildman–Crippen LogP) is 2.45. The number of sulfonamides is 1. The second-order valence-corrected chi connectivity index (χ2v) is 7.46. The van der Waals surface area contributed by atoms with Crippen molar-refractivity contribution in [3.05, 3.63) is 29.8 Å². The zero-order chi connectivity index (χ0) is 15.1. The quantitative estimate of drug-likeness (QED) is 0.725. The summed E-state index contributed by atoms with van der Waals surface area (Å²) in [6.45, 7) is 4.10. The van der Waals surface area contributed by atoms with E-state index in [1.165, 1.54) is 5.56 Å². The molecule has 0 radical (unpaired) electrons. The molecule has 4 nitrogen and oxygen atoms in total. The Kier molecular flexibility index (Phi) is 6.21. The highest BCUT2D eigenvalue weighted by molar-refractivity contribution is 7.89. The predicted molar refractivity (Wildman–Crippen MR) is 85.9 cm³/mol. The molecule has 0 atom stereocenters. The summed E-state index contributed by atoms with van der Waals surface area (Å²) in [6, 6.07) is 7.37. The summed E-state index contributed by atoms with van der Waals surface area (Å²) in [5.41, 5.74) is 1.17. The number of benzene rings is 1. The van der Waals surface area contributed by atoms with Crippen LogP contribution in [0.4, 0.5) is 0 Å². The first-order valence-electron chi connectivity index (χ1n) is 7.94. The SMILES string of the molecule is CCCNCCc1ccc(S(=O)(=O)NC2CCCC2)cc1. The van der Waals surface area contributed by atoms with Crippen LogP contribution in [0.5, 0.6) is 0 Å². The van der Waals surface area contributed by atoms with Gasteiger partial charge in [-0.2, -0.15) is 0 Å². The summed E-state index contributed by atoms with van der Waals surface area (Å²) in [7, 11) is -3.36. The molecule has 0 aliphatic heterocycles. The first-order chi connectivity index (χ1) is 10.1. The van der Waals surface area contributed by atoms with Crippen molar-refractivity contribution in [1.82, 2.24) is 10.0 Å². The third-order valence-corrected chi connectivity index (χ3v) is 5.46. The van der Waals surface area contributed by atoms with E-state index in [0.717, 1.165) is 51.6 Å². The number of hydrogen-bond donors (Lipinski definition) is 2. The van der Waals surface area contributed by atoms with E-state index in [1.54, 1.807) is 12.1 Å². The molecule has 1 aromatic carbocycles. The van der Waals surface area contributed by atoms with Crippen molar-refractivity contribution in [3.8, 4) is 0 Å². The fourth-order valence-electron chi connectivity index (χ4n) is 2.70. The minimum absolute atomic E-state index is 0.118. The maximum atomic E-state index is 12.3. The van der Waals surface area contributed by atoms with E-state index >= 15 is 0 Å². The van der Waals surface area contributed by atoms with Gasteiger partial charge in [0.15, 0.2) is 0 Å². The Morgan fingerprint density at radius 1 is 1.10 bits per heavy atom. The molecule has 0 saturated heterocycles. The third kappa shape index (κ3) is 5.09. The van der Waals surface area contributed by atoms with Gasteiger partial charge < -0.3 is 5.32 Å². The molecular weight excluding hydrogens is 284 g/mol. The van der Waals surface area contributed by atoms with Crippen molar-refractivity contribution < 1.29 is 8.42 Å². The van der Waals surface area contributed by atoms with Gasteiger partial charge >= 0.3 is 0 Å². The fourth-order valence-corrected chi connectivity index (χ4v) is 4.01. The van der Waals surface area contributed by atoms with Crippen LogP contribution < -0.4 is 10.0 Å². The van der Waals surface area contributed by atoms with Crippen LogP contribution in [0.3, 0.4) is 0 Å². The third-order valence-electron chi connectivity index (χ3n) is 3.93. The van der Waals surface area contributed by atoms with Crippen LogP contribution in [-0.4, -0.2) is 27.5 Å². The van der Waals surface area contributed by atoms with Gasteiger partial charge in [-0.05, 0) is 56.5 Å². The van der Waals surface area contributed by atoms with Gasteiger partial charge in [0.25, 0.3) is 0 Å². The van der Waals surface area contributed by atoms with E-state index < -0.39 is 10.0 Å². The normalized spacial score (nSPS) is 16.4. The maximum Gasteiger partial charge on any atom is 0.240 e. The molecule has 1 fully saturated rings. The first-order valence-corrected chi connectivity index (χ1v) is 9.42. The monoisotopic (exact) mass is 310 g/mol. The minimum atomic E-state index is -3.36. The van der Waals surface area contributed by atoms with Crippen molar-refractivity contribution in [1.29, 1.82) is 0 Å². The van der Waals surface area contributed by atoms with E-state index in [-0.39, 0.29) is 6.04 Å². The summed E-state index contributed by atoms with van der Waals surface area (Å²) < 4.78 is 27.4. The molecule has 1 aliphatic carbocycles. The van der Waals surface area contributed by atoms with Crippen LogP contribution in [0, 0.1) is 0 Å². The summed E-state index contributed by atoms with van der Waals surface area (Å²) in [4.78, 5) is 0.375. The lowest BCUT2D eigenvalue weighted by molar-refractivity contribution is 0.552. The van der Waals surface area contributed by atoms with Gasteiger partial charge in [-0.15, -0.1) is 0 Å². The second kappa shape index (κ2) is 7.92. The highest BCUT2D eigenvalue weighted by Gasteiger charge is 2.22. The van der Waals surface area contributed by atoms with Crippen molar-refractivity contribution in [2.24, 2.45) is 0 Å². The molecule has 0 aromatic heterocycles. The van der Waals surface area contributed by atoms with Gasteiger partial charge in [0.1, 0.15) is 0 Å². The molecule has 0 bridgehead atoms. The van der Waals surface area contributed by atoms with Crippen molar-refractivity contribution in [2.75, 3.05) is 13.1 Å². The Balaban J connectivity index is 1.90. The molecule has 0 amide bonds. The van der Waals surface area contributed by atoms with Crippen LogP contribution in [0.15, 0.2) is 29.2 Å². The average molecular weight is 310 g/mol. The lowest BCUT2D eigenvalue weighted by atomic mass is 10.1. The lowest BCUT2D eigenvalue weighted by Gasteiger charge is -2.13. The highest BCUT2D eigenvalue weighted by atomic mass is 32.2. The second-order valence-electron chi connectivity index (χ2n) is 5.75. The molecule has 2 rings (SSSR count). The molecule has 118 valence electrons. The van der Waals surface area contributed by atoms with Crippen molar-refractivity contribution >= 4 is 10.0 Å². The fraction of sp³-hybridized carbons (Fsp3) is 0.625. The number of hydrogen-bond acceptors (Lipinski definition) is 3. The van der Waals surface area contributed by atoms with E-state index in [0.29, 0.717) is 4.90 Å². The van der Waals surface area contributed by atoms with Gasteiger partial charge in [0.05, 0.1) is 4.90 Å². The summed E-state index contributed by atoms with van der Waals surface area (Å²) in [6.07, 6.45) is 6.22. The maximum absolute atomic E-state index is 12.3. The average Bonchev–Trinajstić information content (AvgIpc) is 2.96. The Labute approximate surface area is 128 Å². The first kappa shape index (κ1) is 16.5. The summed E-state index contributed by atoms with van der Waals surface area (Å²) in [5.74, 6) is 0. The summed E-state index contributed by atoms with van der Waals surface area (Å²) >= 11 is 0. The van der Waals surface area contributed by atoms with E-state index in [4.69, 9.17) is 0 Å². The van der Waals surface area contributed by atoms with E-state index in [1.807, 2.05) is 12.1 Å². The molecule has 1 saturated carbocycles. The molecule has 5 heteroatoms. The Hall–Kier alpha value is -0.910. The van der Waals surface area contributed by atoms with Gasteiger partial charge in [-0.25, -0.2) is 13.1 Å². The van der Waals surface area contributed by atoms with E-state index in [9.17, 15) is 8.42 Å². The van der Waals surface area contributed by atoms with Crippen LogP contribution in [-0.2, 0) is 16.4 Å². The highest BCUT2D eigenvalue weighted by Crippen LogP contribution is 2.20. The zero-order valence-electron chi connectivity index (χ0n) is 12.8. The molecule has 0 unspecified atom stereocenters. The van der Waals surface area contributed by atoms with Crippen LogP contribution in [0.2, 0.25) is 0 Å². The molecule has 0 spiro atoms. The molecular formula is C16H26N2O2S. The Morgan fingerprint density at radius 2 is 1.76 bits per heavy atom. The minimum Gasteiger partial charge on any atom is -0.316 e. The molecule has 2 N–H and O–H groups in total. The zero-order valence-corrected chi connectivity index (χ0v) is 13.6. The van der Waals surface area contributed by atoms with Crippen molar-refractivity contribution in [2.45, 2.75) is 56.4 Å². The van der Waals surface area contributed by atoms with E-state index in [2.05, 4.69) is 17.0 Å². The standard InChI is InChI=1S/C16H26N2O2S/c1-2-12-17-13-11-14-7-9-16(10-8-14)21(19,20)18-15-5-3-4-6-15/h7-10,15,17-18H,2-6,11-13H2,1H3. The molecule has 1 aromatic rings. The van der Waals surface area contributed by atoms with Gasteiger partial charge in [0.2, 0.25) is 10.0 Å². The summed E-state index contributed by atoms with van der Waals surface area (Å²) in [5, 5.41) is 3.35. The molecule has 21 heavy (non-hydrogen) atoms. The smallest absolute Gasteiger partial charge is 0.240 e. The largest absolute Gasteiger partial charge is 0.316 e. The molecule has 1 aliphatic rings. The Morgan fingerprint density at radius 3 is 2.38 bits per heavy atom. The Bertz CT molecular complexity index is 520. The number of rotatable bonds is 8. The van der Waals surface area contributed by atoms with Gasteiger partial charge in [0, 0.05) is 6.04 Å². The topological polar surface area (TPSA) is 58.2 Å². The van der Waals surface area contributed by atoms with Crippen molar-refractivity contribution in [3.63, 3.8) is 0 Å². The van der Waals surface area contributed by atoms with Gasteiger partial charge in [-0.1, -0.05) is 31.9 Å². The van der Waals surface area contributed by atoms with Gasteiger partial charge in [-0.3, -0.25) is 0 Å². The van der Waals surface area contributed by atoms with Crippen LogP contribution in [0.25, 0.3) is 0 Å². The molecule has 0 heterocycles. The number of nitrogens with one attached hydrogen (secondary N) is 2. The van der Waals surface area contributed by atoms with Crippen LogP contribution >= 0.6 is 0 Å².